The summed E-state index contributed by atoms with van der Waals surface area (Å²) in [6.07, 6.45) is 2.51. The van der Waals surface area contributed by atoms with Gasteiger partial charge in [0.05, 0.1) is 34.5 Å². The molecule has 60 heavy (non-hydrogen) atoms. The number of carbonyl (C=O) groups excluding carboxylic acids is 4. The molecule has 1 saturated carbocycles. The molecule has 0 unspecified atom stereocenters. The van der Waals surface area contributed by atoms with Gasteiger partial charge in [0.1, 0.15) is 11.3 Å². The lowest BCUT2D eigenvalue weighted by Gasteiger charge is -2.51. The fourth-order valence-electron chi connectivity index (χ4n) is 10.7. The highest BCUT2D eigenvalue weighted by Gasteiger charge is 2.70. The minimum atomic E-state index is -1.43. The van der Waals surface area contributed by atoms with Crippen molar-refractivity contribution in [3.05, 3.63) is 168 Å². The van der Waals surface area contributed by atoms with E-state index < -0.39 is 46.8 Å². The van der Waals surface area contributed by atoms with Crippen LogP contribution in [0.4, 0.5) is 11.4 Å². The maximum absolute atomic E-state index is 15.6. The first kappa shape index (κ1) is 35.8. The summed E-state index contributed by atoms with van der Waals surface area (Å²) >= 11 is 0. The van der Waals surface area contributed by atoms with Crippen LogP contribution in [0.3, 0.4) is 0 Å². The van der Waals surface area contributed by atoms with Crippen LogP contribution in [0.25, 0.3) is 33.3 Å². The van der Waals surface area contributed by atoms with E-state index in [0.29, 0.717) is 39.4 Å². The quantitative estimate of drug-likeness (QED) is 0.126. The molecule has 3 heterocycles. The molecule has 10 nitrogen and oxygen atoms in total. The van der Waals surface area contributed by atoms with Gasteiger partial charge in [-0.05, 0) is 96.8 Å². The number of nitrogens with one attached hydrogen (secondary N) is 1. The molecular weight excluding hydrogens is 753 g/mol. The summed E-state index contributed by atoms with van der Waals surface area (Å²) < 4.78 is 5.98. The van der Waals surface area contributed by atoms with Crippen molar-refractivity contribution in [1.29, 1.82) is 0 Å². The number of hydrogen-bond donors (Lipinski definition) is 2. The van der Waals surface area contributed by atoms with Gasteiger partial charge in [0.15, 0.2) is 5.58 Å². The van der Waals surface area contributed by atoms with Crippen LogP contribution < -0.4 is 10.3 Å². The van der Waals surface area contributed by atoms with E-state index in [0.717, 1.165) is 27.6 Å². The van der Waals surface area contributed by atoms with Gasteiger partial charge in [-0.2, -0.15) is 5.01 Å². The molecule has 1 aromatic heterocycles. The number of aryl methyl sites for hydroxylation is 1. The highest BCUT2D eigenvalue weighted by atomic mass is 16.3. The molecule has 0 bridgehead atoms. The largest absolute Gasteiger partial charge is 0.507 e. The molecule has 6 atom stereocenters. The average Bonchev–Trinajstić information content (AvgIpc) is 3.89. The molecule has 294 valence electrons. The SMILES string of the molecule is Cc1ccc(NN2C(=O)[C@@H]3C[C@@H]4C(=CC[C@@H]5C(=O)N(c6ccc(-c7nc8ccccc8o7)cc6)C(=O)[C@@H]54)[C@H](c4ccc(O)c5ccccc45)[C@]3(c3ccccc3)C2=O)cc1. The van der Waals surface area contributed by atoms with E-state index in [2.05, 4.69) is 16.5 Å². The maximum Gasteiger partial charge on any atom is 0.260 e. The normalized spacial score (nSPS) is 24.8. The number of allylic oxidation sites excluding steroid dienone is 2. The summed E-state index contributed by atoms with van der Waals surface area (Å²) in [4.78, 5) is 66.0. The topological polar surface area (TPSA) is 133 Å². The Kier molecular flexibility index (Phi) is 7.97. The van der Waals surface area contributed by atoms with Crippen LogP contribution >= 0.6 is 0 Å². The van der Waals surface area contributed by atoms with Gasteiger partial charge in [-0.15, -0.1) is 0 Å². The van der Waals surface area contributed by atoms with Crippen LogP contribution in [0.5, 0.6) is 5.75 Å². The fourth-order valence-corrected chi connectivity index (χ4v) is 10.7. The van der Waals surface area contributed by atoms with Crippen molar-refractivity contribution in [3.8, 4) is 17.2 Å². The smallest absolute Gasteiger partial charge is 0.260 e. The third-order valence-corrected chi connectivity index (χ3v) is 13.3. The van der Waals surface area contributed by atoms with Crippen LogP contribution in [0, 0.1) is 30.6 Å². The van der Waals surface area contributed by atoms with Gasteiger partial charge < -0.3 is 9.52 Å². The molecule has 0 spiro atoms. The lowest BCUT2D eigenvalue weighted by atomic mass is 9.49. The summed E-state index contributed by atoms with van der Waals surface area (Å²) in [6.45, 7) is 1.97. The predicted molar refractivity (Wildman–Crippen MR) is 226 cm³/mol. The van der Waals surface area contributed by atoms with Gasteiger partial charge in [0.25, 0.3) is 11.8 Å². The highest BCUT2D eigenvalue weighted by Crippen LogP contribution is 2.65. The Balaban J connectivity index is 1.05. The first-order chi connectivity index (χ1) is 29.2. The van der Waals surface area contributed by atoms with Gasteiger partial charge in [0, 0.05) is 16.9 Å². The molecule has 2 N–H and O–H groups in total. The Morgan fingerprint density at radius 3 is 2.22 bits per heavy atom. The third-order valence-electron chi connectivity index (χ3n) is 13.3. The van der Waals surface area contributed by atoms with Crippen molar-refractivity contribution in [2.45, 2.75) is 31.1 Å². The van der Waals surface area contributed by atoms with Crippen molar-refractivity contribution < 1.29 is 28.7 Å². The van der Waals surface area contributed by atoms with Gasteiger partial charge in [-0.1, -0.05) is 102 Å². The molecule has 11 rings (SSSR count). The molecule has 2 saturated heterocycles. The zero-order valence-corrected chi connectivity index (χ0v) is 32.5. The minimum absolute atomic E-state index is 0.0931. The van der Waals surface area contributed by atoms with Crippen LogP contribution in [0.2, 0.25) is 0 Å². The monoisotopic (exact) mass is 790 g/mol. The van der Waals surface area contributed by atoms with Gasteiger partial charge in [-0.3, -0.25) is 29.5 Å². The Morgan fingerprint density at radius 1 is 0.733 bits per heavy atom. The number of nitrogens with zero attached hydrogens (tertiary/aromatic N) is 3. The molecule has 0 radical (unpaired) electrons. The van der Waals surface area contributed by atoms with E-state index in [1.165, 1.54) is 9.91 Å². The standard InChI is InChI=1S/C50H38N4O6/c1-28-15-19-31(20-16-28)52-54-47(57)39-27-38-36(44(50(39,49(54)59)30-9-3-2-4-10-30)35-25-26-41(55)34-12-6-5-11-33(34)35)23-24-37-43(38)48(58)53(46(37)56)32-21-17-29(18-22-32)45-51-40-13-7-8-14-42(40)60-45/h2-23,25-26,37-39,43-44,52,55H,24,27H2,1H3/t37-,38+,39-,43-,44-,50+/m0/s1. The van der Waals surface area contributed by atoms with Crippen molar-refractivity contribution in [1.82, 2.24) is 9.99 Å². The number of amides is 4. The number of oxazole rings is 1. The maximum atomic E-state index is 15.6. The number of para-hydroxylation sites is 2. The molecule has 4 amide bonds. The molecule has 6 aromatic carbocycles. The number of phenolic OH excluding ortho intramolecular Hbond substituents is 1. The molecule has 10 heteroatoms. The molecule has 3 fully saturated rings. The number of aromatic hydroxyl groups is 1. The number of benzene rings is 6. The molecule has 4 aliphatic rings. The van der Waals surface area contributed by atoms with E-state index in [4.69, 9.17) is 4.42 Å². The van der Waals surface area contributed by atoms with Crippen LogP contribution in [-0.2, 0) is 24.6 Å². The number of fused-ring (bicyclic) bond motifs is 6. The third kappa shape index (κ3) is 5.09. The zero-order valence-electron chi connectivity index (χ0n) is 32.5. The number of carbonyl (C=O) groups is 4. The number of aromatic nitrogens is 1. The summed E-state index contributed by atoms with van der Waals surface area (Å²) in [5.41, 5.74) is 8.17. The first-order valence-corrected chi connectivity index (χ1v) is 20.3. The highest BCUT2D eigenvalue weighted by molar-refractivity contribution is 6.22. The molecule has 2 aliphatic heterocycles. The zero-order chi connectivity index (χ0) is 40.9. The fraction of sp³-hybridized carbons (Fsp3) is 0.180. The molecular formula is C50H38N4O6. The lowest BCUT2D eigenvalue weighted by Crippen LogP contribution is -2.53. The lowest BCUT2D eigenvalue weighted by molar-refractivity contribution is -0.138. The second kappa shape index (κ2) is 13.4. The molecule has 7 aromatic rings. The van der Waals surface area contributed by atoms with Crippen LogP contribution in [0.1, 0.15) is 35.4 Å². The van der Waals surface area contributed by atoms with Gasteiger partial charge in [-0.25, -0.2) is 4.98 Å². The van der Waals surface area contributed by atoms with Crippen molar-refractivity contribution >= 4 is 56.9 Å². The van der Waals surface area contributed by atoms with E-state index >= 15 is 9.59 Å². The van der Waals surface area contributed by atoms with Crippen LogP contribution in [0.15, 0.2) is 156 Å². The van der Waals surface area contributed by atoms with E-state index in [1.807, 2.05) is 116 Å². The Morgan fingerprint density at radius 2 is 1.45 bits per heavy atom. The molecule has 2 aliphatic carbocycles. The van der Waals surface area contributed by atoms with E-state index in [-0.39, 0.29) is 30.4 Å². The Hall–Kier alpha value is -7.33. The first-order valence-electron chi connectivity index (χ1n) is 20.3. The number of hydrogen-bond acceptors (Lipinski definition) is 8. The summed E-state index contributed by atoms with van der Waals surface area (Å²) in [5.74, 6) is -4.50. The van der Waals surface area contributed by atoms with Crippen molar-refractivity contribution in [3.63, 3.8) is 0 Å². The number of anilines is 2. The Labute approximate surface area is 344 Å². The minimum Gasteiger partial charge on any atom is -0.507 e. The predicted octanol–water partition coefficient (Wildman–Crippen LogP) is 8.85. The second-order valence-corrected chi connectivity index (χ2v) is 16.4. The Bertz CT molecular complexity index is 2920. The van der Waals surface area contributed by atoms with Gasteiger partial charge >= 0.3 is 0 Å². The number of hydrazine groups is 1. The van der Waals surface area contributed by atoms with Crippen LogP contribution in [-0.4, -0.2) is 38.7 Å². The van der Waals surface area contributed by atoms with Crippen molar-refractivity contribution in [2.75, 3.05) is 10.3 Å². The van der Waals surface area contributed by atoms with Gasteiger partial charge in [0.2, 0.25) is 17.7 Å². The second-order valence-electron chi connectivity index (χ2n) is 16.4. The number of imide groups is 2. The number of rotatable bonds is 6. The number of phenols is 1. The van der Waals surface area contributed by atoms with E-state index in [9.17, 15) is 14.7 Å². The summed E-state index contributed by atoms with van der Waals surface area (Å²) in [5, 5.41) is 13.6. The van der Waals surface area contributed by atoms with Crippen molar-refractivity contribution in [2.24, 2.45) is 23.7 Å². The summed E-state index contributed by atoms with van der Waals surface area (Å²) in [7, 11) is 0. The summed E-state index contributed by atoms with van der Waals surface area (Å²) in [6, 6.07) is 42.5. The van der Waals surface area contributed by atoms with E-state index in [1.54, 1.807) is 30.3 Å². The average molecular weight is 791 g/mol.